The van der Waals surface area contributed by atoms with Gasteiger partial charge < -0.3 is 5.32 Å². The molecule has 1 aromatic rings. The van der Waals surface area contributed by atoms with Gasteiger partial charge in [0, 0.05) is 18.9 Å². The van der Waals surface area contributed by atoms with E-state index < -0.39 is 9.84 Å². The lowest BCUT2D eigenvalue weighted by Crippen LogP contribution is -2.23. The van der Waals surface area contributed by atoms with Crippen LogP contribution in [0.5, 0.6) is 0 Å². The molecule has 1 N–H and O–H groups in total. The molecule has 0 unspecified atom stereocenters. The third-order valence-electron chi connectivity index (χ3n) is 2.43. The van der Waals surface area contributed by atoms with Gasteiger partial charge in [0.05, 0.1) is 10.1 Å². The van der Waals surface area contributed by atoms with Crippen LogP contribution in [-0.2, 0) is 9.84 Å². The molecule has 0 aromatic carbocycles. The van der Waals surface area contributed by atoms with Gasteiger partial charge in [0.1, 0.15) is 0 Å². The van der Waals surface area contributed by atoms with Crippen LogP contribution in [0.25, 0.3) is 0 Å². The van der Waals surface area contributed by atoms with Gasteiger partial charge in [-0.1, -0.05) is 0 Å². The van der Waals surface area contributed by atoms with Gasteiger partial charge in [-0.25, -0.2) is 8.42 Å². The molecule has 1 fully saturated rings. The molecule has 0 amide bonds. The Balaban J connectivity index is 2.33. The summed E-state index contributed by atoms with van der Waals surface area (Å²) >= 11 is 0. The van der Waals surface area contributed by atoms with E-state index in [1.807, 2.05) is 0 Å². The topological polar surface area (TPSA) is 59.1 Å². The van der Waals surface area contributed by atoms with Crippen molar-refractivity contribution in [2.75, 3.05) is 13.1 Å². The van der Waals surface area contributed by atoms with E-state index in [-0.39, 0.29) is 5.25 Å². The maximum absolute atomic E-state index is 12.0. The second-order valence-corrected chi connectivity index (χ2v) is 5.57. The fourth-order valence-corrected chi connectivity index (χ4v) is 3.26. The molecule has 0 saturated carbocycles. The zero-order chi connectivity index (χ0) is 10.0. The molecule has 2 heterocycles. The summed E-state index contributed by atoms with van der Waals surface area (Å²) in [6.45, 7) is 1.35. The minimum atomic E-state index is -3.14. The van der Waals surface area contributed by atoms with E-state index in [9.17, 15) is 8.42 Å². The fraction of sp³-hybridized carbons (Fsp3) is 0.444. The molecule has 0 radical (unpaired) electrons. The highest BCUT2D eigenvalue weighted by Gasteiger charge is 2.29. The quantitative estimate of drug-likeness (QED) is 0.761. The van der Waals surface area contributed by atoms with Crippen molar-refractivity contribution in [3.63, 3.8) is 0 Å². The first-order valence-electron chi connectivity index (χ1n) is 4.56. The Morgan fingerprint density at radius 2 is 2.07 bits per heavy atom. The van der Waals surface area contributed by atoms with Crippen LogP contribution in [0.15, 0.2) is 29.4 Å². The molecule has 2 rings (SSSR count). The minimum absolute atomic E-state index is 0.273. The van der Waals surface area contributed by atoms with Gasteiger partial charge in [0.15, 0.2) is 9.84 Å². The van der Waals surface area contributed by atoms with Crippen LogP contribution >= 0.6 is 0 Å². The third kappa shape index (κ3) is 1.65. The summed E-state index contributed by atoms with van der Waals surface area (Å²) in [5.41, 5.74) is 0. The summed E-state index contributed by atoms with van der Waals surface area (Å²) in [5, 5.41) is 2.78. The Kier molecular flexibility index (Phi) is 2.52. The highest BCUT2D eigenvalue weighted by atomic mass is 32.2. The van der Waals surface area contributed by atoms with E-state index in [1.54, 1.807) is 12.1 Å². The van der Waals surface area contributed by atoms with Gasteiger partial charge in [0.2, 0.25) is 0 Å². The summed E-state index contributed by atoms with van der Waals surface area (Å²) < 4.78 is 23.9. The molecule has 1 aliphatic rings. The molecule has 5 heteroatoms. The maximum atomic E-state index is 12.0. The van der Waals surface area contributed by atoms with Gasteiger partial charge in [-0.15, -0.1) is 0 Å². The predicted molar refractivity (Wildman–Crippen MR) is 52.7 cm³/mol. The number of aromatic nitrogens is 1. The lowest BCUT2D eigenvalue weighted by atomic mass is 10.4. The SMILES string of the molecule is O=S(=O)(c1ccncc1)[C@H]1CCNC1. The molecule has 14 heavy (non-hydrogen) atoms. The molecule has 0 bridgehead atoms. The average Bonchev–Trinajstić information content (AvgIpc) is 2.72. The van der Waals surface area contributed by atoms with Crippen LogP contribution in [0, 0.1) is 0 Å². The number of pyridine rings is 1. The van der Waals surface area contributed by atoms with Crippen molar-refractivity contribution in [3.8, 4) is 0 Å². The summed E-state index contributed by atoms with van der Waals surface area (Å²) in [6.07, 6.45) is 3.72. The number of sulfone groups is 1. The highest BCUT2D eigenvalue weighted by Crippen LogP contribution is 2.19. The first-order valence-corrected chi connectivity index (χ1v) is 6.10. The number of hydrogen-bond acceptors (Lipinski definition) is 4. The van der Waals surface area contributed by atoms with Gasteiger partial charge >= 0.3 is 0 Å². The van der Waals surface area contributed by atoms with Crippen LogP contribution < -0.4 is 5.32 Å². The van der Waals surface area contributed by atoms with E-state index in [2.05, 4.69) is 10.3 Å². The molecule has 76 valence electrons. The van der Waals surface area contributed by atoms with Gasteiger partial charge in [-0.3, -0.25) is 4.98 Å². The Bertz CT molecular complexity index is 396. The normalized spacial score (nSPS) is 22.4. The Morgan fingerprint density at radius 1 is 1.36 bits per heavy atom. The first-order chi connectivity index (χ1) is 6.71. The van der Waals surface area contributed by atoms with Crippen molar-refractivity contribution < 1.29 is 8.42 Å². The number of nitrogens with one attached hydrogen (secondary N) is 1. The molecule has 1 atom stereocenters. The second kappa shape index (κ2) is 3.67. The van der Waals surface area contributed by atoms with Crippen molar-refractivity contribution >= 4 is 9.84 Å². The van der Waals surface area contributed by atoms with Crippen molar-refractivity contribution in [2.45, 2.75) is 16.6 Å². The van der Waals surface area contributed by atoms with Crippen LogP contribution in [0.4, 0.5) is 0 Å². The first kappa shape index (κ1) is 9.61. The van der Waals surface area contributed by atoms with Crippen LogP contribution in [0.3, 0.4) is 0 Å². The molecular weight excluding hydrogens is 200 g/mol. The lowest BCUT2D eigenvalue weighted by Gasteiger charge is -2.09. The van der Waals surface area contributed by atoms with E-state index in [0.29, 0.717) is 17.9 Å². The molecule has 1 saturated heterocycles. The predicted octanol–water partition coefficient (Wildman–Crippen LogP) is 0.217. The van der Waals surface area contributed by atoms with E-state index >= 15 is 0 Å². The van der Waals surface area contributed by atoms with Crippen molar-refractivity contribution in [1.82, 2.24) is 10.3 Å². The summed E-state index contributed by atoms with van der Waals surface area (Å²) in [6, 6.07) is 3.10. The van der Waals surface area contributed by atoms with Gasteiger partial charge in [-0.2, -0.15) is 0 Å². The zero-order valence-corrected chi connectivity index (χ0v) is 8.50. The molecule has 0 spiro atoms. The Morgan fingerprint density at radius 3 is 2.64 bits per heavy atom. The lowest BCUT2D eigenvalue weighted by molar-refractivity contribution is 0.583. The molecule has 4 nitrogen and oxygen atoms in total. The van der Waals surface area contributed by atoms with Crippen molar-refractivity contribution in [2.24, 2.45) is 0 Å². The molecule has 1 aliphatic heterocycles. The van der Waals surface area contributed by atoms with Crippen molar-refractivity contribution in [3.05, 3.63) is 24.5 Å². The smallest absolute Gasteiger partial charge is 0.182 e. The second-order valence-electron chi connectivity index (χ2n) is 3.34. The summed E-state index contributed by atoms with van der Waals surface area (Å²) in [4.78, 5) is 4.18. The zero-order valence-electron chi connectivity index (χ0n) is 7.68. The average molecular weight is 212 g/mol. The van der Waals surface area contributed by atoms with Crippen LogP contribution in [0.2, 0.25) is 0 Å². The summed E-state index contributed by atoms with van der Waals surface area (Å²) in [7, 11) is -3.14. The highest BCUT2D eigenvalue weighted by molar-refractivity contribution is 7.92. The maximum Gasteiger partial charge on any atom is 0.182 e. The largest absolute Gasteiger partial charge is 0.315 e. The number of hydrogen-bond donors (Lipinski definition) is 1. The van der Waals surface area contributed by atoms with E-state index in [0.717, 1.165) is 6.54 Å². The number of rotatable bonds is 2. The number of nitrogens with zero attached hydrogens (tertiary/aromatic N) is 1. The van der Waals surface area contributed by atoms with E-state index in [1.165, 1.54) is 12.4 Å². The molecule has 1 aromatic heterocycles. The fourth-order valence-electron chi connectivity index (χ4n) is 1.61. The monoisotopic (exact) mass is 212 g/mol. The molecule has 0 aliphatic carbocycles. The van der Waals surface area contributed by atoms with Gasteiger partial charge in [0.25, 0.3) is 0 Å². The van der Waals surface area contributed by atoms with Crippen molar-refractivity contribution in [1.29, 1.82) is 0 Å². The third-order valence-corrected chi connectivity index (χ3v) is 4.64. The summed E-state index contributed by atoms with van der Waals surface area (Å²) in [5.74, 6) is 0. The van der Waals surface area contributed by atoms with Crippen LogP contribution in [0.1, 0.15) is 6.42 Å². The van der Waals surface area contributed by atoms with E-state index in [4.69, 9.17) is 0 Å². The Labute approximate surface area is 83.3 Å². The van der Waals surface area contributed by atoms with Gasteiger partial charge in [-0.05, 0) is 25.1 Å². The minimum Gasteiger partial charge on any atom is -0.315 e. The standard InChI is InChI=1S/C9H12N2O2S/c12-14(13,9-3-6-11-7-9)8-1-4-10-5-2-8/h1-2,4-5,9,11H,3,6-7H2/t9-/m0/s1. The van der Waals surface area contributed by atoms with Crippen LogP contribution in [-0.4, -0.2) is 31.7 Å². The Hall–Kier alpha value is -0.940. The molecular formula is C9H12N2O2S.